The molecule has 14 heteroatoms. The van der Waals surface area contributed by atoms with Crippen LogP contribution in [0.4, 0.5) is 13.2 Å². The van der Waals surface area contributed by atoms with E-state index in [0.717, 1.165) is 25.9 Å². The van der Waals surface area contributed by atoms with Gasteiger partial charge in [0.05, 0.1) is 29.9 Å². The fraction of sp³-hybridized carbons (Fsp3) is 0.194. The molecular formula is C31H22Br2ClF3N2O5S. The van der Waals surface area contributed by atoms with Crippen LogP contribution in [0.3, 0.4) is 0 Å². The molecule has 0 unspecified atom stereocenters. The Labute approximate surface area is 280 Å². The maximum absolute atomic E-state index is 14.4. The molecule has 0 radical (unpaired) electrons. The molecular weight excluding hydrogens is 765 g/mol. The third-order valence-corrected chi connectivity index (χ3v) is 8.85. The summed E-state index contributed by atoms with van der Waals surface area (Å²) in [4.78, 5) is 30.6. The number of carbonyl (C=O) groups is 1. The number of thiazole rings is 1. The Morgan fingerprint density at radius 1 is 1.09 bits per heavy atom. The van der Waals surface area contributed by atoms with E-state index in [1.807, 2.05) is 24.3 Å². The summed E-state index contributed by atoms with van der Waals surface area (Å²) < 4.78 is 62.6. The van der Waals surface area contributed by atoms with Crippen LogP contribution in [-0.4, -0.2) is 30.4 Å². The van der Waals surface area contributed by atoms with Crippen molar-refractivity contribution in [3.8, 4) is 11.5 Å². The SMILES string of the molecule is CCOC(=O)C1=C(C(F)(F)F)N=c2s/c(=C\c3cc(Br)cc(OC)c3OCc3ccc(Br)cc3)c(=O)n2[C@@H]1c1ccc(Cl)cc1. The van der Waals surface area contributed by atoms with Crippen molar-refractivity contribution in [1.82, 2.24) is 4.57 Å². The van der Waals surface area contributed by atoms with Crippen LogP contribution in [0.5, 0.6) is 11.5 Å². The van der Waals surface area contributed by atoms with E-state index in [4.69, 9.17) is 25.8 Å². The maximum Gasteiger partial charge on any atom is 0.434 e. The number of nitrogens with zero attached hydrogens (tertiary/aromatic N) is 2. The highest BCUT2D eigenvalue weighted by molar-refractivity contribution is 9.10. The molecule has 1 atom stereocenters. The van der Waals surface area contributed by atoms with Crippen molar-refractivity contribution in [2.45, 2.75) is 25.7 Å². The van der Waals surface area contributed by atoms with E-state index in [1.165, 1.54) is 44.4 Å². The van der Waals surface area contributed by atoms with Gasteiger partial charge in [-0.25, -0.2) is 9.79 Å². The van der Waals surface area contributed by atoms with Crippen LogP contribution in [0.2, 0.25) is 5.02 Å². The number of halogens is 6. The lowest BCUT2D eigenvalue weighted by molar-refractivity contribution is -0.140. The molecule has 4 aromatic rings. The number of benzene rings is 3. The average molecular weight is 787 g/mol. The highest BCUT2D eigenvalue weighted by Crippen LogP contribution is 2.39. The lowest BCUT2D eigenvalue weighted by Crippen LogP contribution is -2.41. The Kier molecular flexibility index (Phi) is 9.92. The van der Waals surface area contributed by atoms with Crippen LogP contribution >= 0.6 is 54.8 Å². The molecule has 2 heterocycles. The molecule has 0 amide bonds. The molecule has 7 nitrogen and oxygen atoms in total. The number of alkyl halides is 3. The van der Waals surface area contributed by atoms with Crippen molar-refractivity contribution in [3.05, 3.63) is 122 Å². The zero-order valence-electron chi connectivity index (χ0n) is 23.5. The van der Waals surface area contributed by atoms with Crippen molar-refractivity contribution in [2.75, 3.05) is 13.7 Å². The average Bonchev–Trinajstić information content (AvgIpc) is 3.30. The molecule has 0 N–H and O–H groups in total. The van der Waals surface area contributed by atoms with Crippen molar-refractivity contribution in [1.29, 1.82) is 0 Å². The van der Waals surface area contributed by atoms with Crippen molar-refractivity contribution in [3.63, 3.8) is 0 Å². The van der Waals surface area contributed by atoms with Crippen LogP contribution in [0, 0.1) is 0 Å². The predicted octanol–water partition coefficient (Wildman–Crippen LogP) is 7.11. The van der Waals surface area contributed by atoms with Crippen LogP contribution < -0.4 is 24.4 Å². The number of allylic oxidation sites excluding steroid dienone is 1. The zero-order valence-corrected chi connectivity index (χ0v) is 28.2. The van der Waals surface area contributed by atoms with Gasteiger partial charge in [0.2, 0.25) is 0 Å². The first-order valence-electron chi connectivity index (χ1n) is 13.2. The van der Waals surface area contributed by atoms with Crippen LogP contribution in [0.15, 0.2) is 90.7 Å². The van der Waals surface area contributed by atoms with E-state index in [1.54, 1.807) is 12.1 Å². The normalized spacial score (nSPS) is 15.0. The number of carbonyl (C=O) groups excluding carboxylic acids is 1. The summed E-state index contributed by atoms with van der Waals surface area (Å²) in [6.45, 7) is 1.46. The molecule has 0 bridgehead atoms. The largest absolute Gasteiger partial charge is 0.493 e. The Balaban J connectivity index is 1.72. The number of methoxy groups -OCH3 is 1. The summed E-state index contributed by atoms with van der Waals surface area (Å²) in [5.41, 5.74) is -1.39. The van der Waals surface area contributed by atoms with Crippen LogP contribution in [0.1, 0.15) is 29.7 Å². The Hall–Kier alpha value is -3.39. The second-order valence-corrected chi connectivity index (χ2v) is 12.8. The first-order chi connectivity index (χ1) is 21.4. The topological polar surface area (TPSA) is 79.1 Å². The van der Waals surface area contributed by atoms with E-state index in [2.05, 4.69) is 36.9 Å². The highest BCUT2D eigenvalue weighted by Gasteiger charge is 2.45. The number of rotatable bonds is 8. The van der Waals surface area contributed by atoms with E-state index < -0.39 is 35.0 Å². The molecule has 0 fully saturated rings. The summed E-state index contributed by atoms with van der Waals surface area (Å²) in [7, 11) is 1.47. The first kappa shape index (κ1) is 33.0. The maximum atomic E-state index is 14.4. The molecule has 234 valence electrons. The van der Waals surface area contributed by atoms with Gasteiger partial charge >= 0.3 is 12.1 Å². The standard InChI is InChI=1S/C31H22Br2ClF3N2O5S/c1-3-43-29(41)24-25(17-6-10-21(34)11-7-17)39-28(40)23(45-30(39)38-27(24)31(35,36)37)13-18-12-20(33)14-22(42-2)26(18)44-15-16-4-8-19(32)9-5-16/h4-14,25H,3,15H2,1-2H3/b23-13-/t25-/m1/s1. The number of aromatic nitrogens is 1. The molecule has 45 heavy (non-hydrogen) atoms. The van der Waals surface area contributed by atoms with Gasteiger partial charge in [-0.3, -0.25) is 9.36 Å². The molecule has 3 aromatic carbocycles. The minimum absolute atomic E-state index is 0.0491. The molecule has 0 saturated heterocycles. The Morgan fingerprint density at radius 2 is 1.78 bits per heavy atom. The van der Waals surface area contributed by atoms with E-state index >= 15 is 0 Å². The predicted molar refractivity (Wildman–Crippen MR) is 171 cm³/mol. The zero-order chi connectivity index (χ0) is 32.5. The van der Waals surface area contributed by atoms with Crippen molar-refractivity contribution < 1.29 is 32.2 Å². The summed E-state index contributed by atoms with van der Waals surface area (Å²) >= 11 is 13.6. The summed E-state index contributed by atoms with van der Waals surface area (Å²) in [6.07, 6.45) is -3.53. The monoisotopic (exact) mass is 784 g/mol. The van der Waals surface area contributed by atoms with Gasteiger partial charge in [-0.15, -0.1) is 0 Å². The van der Waals surface area contributed by atoms with Crippen molar-refractivity contribution >= 4 is 66.8 Å². The summed E-state index contributed by atoms with van der Waals surface area (Å²) in [6, 6.07) is 15.2. The Bertz CT molecular complexity index is 1970. The van der Waals surface area contributed by atoms with Crippen LogP contribution in [-0.2, 0) is 16.1 Å². The van der Waals surface area contributed by atoms with E-state index in [0.29, 0.717) is 26.6 Å². The molecule has 1 aromatic heterocycles. The molecule has 0 spiro atoms. The van der Waals surface area contributed by atoms with Gasteiger partial charge in [0, 0.05) is 19.5 Å². The van der Waals surface area contributed by atoms with Gasteiger partial charge in [-0.2, -0.15) is 13.2 Å². The fourth-order valence-corrected chi connectivity index (χ4v) is 6.52. The lowest BCUT2D eigenvalue weighted by atomic mass is 9.95. The van der Waals surface area contributed by atoms with Crippen LogP contribution in [0.25, 0.3) is 6.08 Å². The number of fused-ring (bicyclic) bond motifs is 1. The molecule has 5 rings (SSSR count). The minimum atomic E-state index is -5.02. The molecule has 0 saturated carbocycles. The lowest BCUT2D eigenvalue weighted by Gasteiger charge is -2.26. The summed E-state index contributed by atoms with van der Waals surface area (Å²) in [5.74, 6) is -0.557. The first-order valence-corrected chi connectivity index (χ1v) is 16.0. The van der Waals surface area contributed by atoms with E-state index in [9.17, 15) is 22.8 Å². The third-order valence-electron chi connectivity index (χ3n) is 6.63. The fourth-order valence-electron chi connectivity index (χ4n) is 4.68. The molecule has 0 aliphatic carbocycles. The van der Waals surface area contributed by atoms with Gasteiger partial charge in [0.1, 0.15) is 6.61 Å². The second-order valence-electron chi connectivity index (χ2n) is 9.56. The smallest absolute Gasteiger partial charge is 0.434 e. The van der Waals surface area contributed by atoms with E-state index in [-0.39, 0.29) is 28.1 Å². The third kappa shape index (κ3) is 7.06. The number of hydrogen-bond acceptors (Lipinski definition) is 7. The summed E-state index contributed by atoms with van der Waals surface area (Å²) in [5, 5.41) is 0.322. The van der Waals surface area contributed by atoms with Crippen molar-refractivity contribution in [2.24, 2.45) is 4.99 Å². The minimum Gasteiger partial charge on any atom is -0.493 e. The number of esters is 1. The van der Waals surface area contributed by atoms with Gasteiger partial charge < -0.3 is 14.2 Å². The second kappa shape index (κ2) is 13.5. The van der Waals surface area contributed by atoms with Gasteiger partial charge in [-0.05, 0) is 60.5 Å². The quantitative estimate of drug-likeness (QED) is 0.178. The number of hydrogen-bond donors (Lipinski definition) is 0. The van der Waals surface area contributed by atoms with Gasteiger partial charge in [0.15, 0.2) is 22.0 Å². The molecule has 1 aliphatic rings. The Morgan fingerprint density at radius 3 is 2.40 bits per heavy atom. The highest BCUT2D eigenvalue weighted by atomic mass is 79.9. The van der Waals surface area contributed by atoms with Gasteiger partial charge in [0.25, 0.3) is 5.56 Å². The molecule has 1 aliphatic heterocycles. The van der Waals surface area contributed by atoms with Gasteiger partial charge in [-0.1, -0.05) is 79.1 Å². The number of ether oxygens (including phenoxy) is 3.